The summed E-state index contributed by atoms with van der Waals surface area (Å²) in [5.74, 6) is -3.34. The summed E-state index contributed by atoms with van der Waals surface area (Å²) in [5.41, 5.74) is -0.545. The van der Waals surface area contributed by atoms with E-state index < -0.39 is 47.8 Å². The Kier molecular flexibility index (Phi) is 7.33. The van der Waals surface area contributed by atoms with Gasteiger partial charge in [0.15, 0.2) is 6.61 Å². The number of esters is 1. The first-order valence-corrected chi connectivity index (χ1v) is 10.9. The van der Waals surface area contributed by atoms with E-state index in [9.17, 15) is 28.8 Å². The highest BCUT2D eigenvalue weighted by atomic mass is 16.6. The molecule has 0 aliphatic carbocycles. The van der Waals surface area contributed by atoms with E-state index in [1.165, 1.54) is 18.2 Å². The van der Waals surface area contributed by atoms with Crippen LogP contribution in [-0.4, -0.2) is 65.2 Å². The number of piperidine rings is 1. The van der Waals surface area contributed by atoms with Gasteiger partial charge in [0.1, 0.15) is 17.4 Å². The third-order valence-corrected chi connectivity index (χ3v) is 5.09. The van der Waals surface area contributed by atoms with Crippen LogP contribution in [0.5, 0.6) is 5.75 Å². The molecule has 1 fully saturated rings. The van der Waals surface area contributed by atoms with E-state index in [0.717, 1.165) is 4.90 Å². The number of amides is 5. The average molecular weight is 473 g/mol. The molecule has 0 bridgehead atoms. The van der Waals surface area contributed by atoms with Gasteiger partial charge in [0.25, 0.3) is 17.7 Å². The highest BCUT2D eigenvalue weighted by Gasteiger charge is 2.46. The molecule has 2 aliphatic heterocycles. The fraction of sp³-hybridized carbons (Fsp3) is 0.478. The van der Waals surface area contributed by atoms with Gasteiger partial charge in [-0.15, -0.1) is 0 Å². The van der Waals surface area contributed by atoms with E-state index in [4.69, 9.17) is 9.47 Å². The number of carbonyl (C=O) groups excluding carboxylic acids is 6. The van der Waals surface area contributed by atoms with Gasteiger partial charge in [-0.3, -0.25) is 39.0 Å². The van der Waals surface area contributed by atoms with Crippen LogP contribution in [0.3, 0.4) is 0 Å². The third kappa shape index (κ3) is 5.77. The van der Waals surface area contributed by atoms with E-state index in [1.54, 1.807) is 20.8 Å². The Morgan fingerprint density at radius 2 is 1.88 bits per heavy atom. The topological polar surface area (TPSA) is 148 Å². The molecule has 0 radical (unpaired) electrons. The molecule has 2 heterocycles. The van der Waals surface area contributed by atoms with Crippen molar-refractivity contribution in [3.8, 4) is 5.75 Å². The molecule has 0 saturated carbocycles. The number of hydrogen-bond donors (Lipinski definition) is 2. The molecule has 1 saturated heterocycles. The van der Waals surface area contributed by atoms with Gasteiger partial charge in [-0.05, 0) is 45.7 Å². The number of nitrogens with one attached hydrogen (secondary N) is 2. The fourth-order valence-electron chi connectivity index (χ4n) is 3.65. The molecule has 0 spiro atoms. The summed E-state index contributed by atoms with van der Waals surface area (Å²) in [6.45, 7) is 5.13. The Morgan fingerprint density at radius 1 is 1.15 bits per heavy atom. The van der Waals surface area contributed by atoms with Crippen LogP contribution < -0.4 is 15.4 Å². The van der Waals surface area contributed by atoms with Gasteiger partial charge in [-0.1, -0.05) is 6.07 Å². The van der Waals surface area contributed by atoms with Crippen molar-refractivity contribution in [2.24, 2.45) is 0 Å². The van der Waals surface area contributed by atoms with E-state index in [2.05, 4.69) is 10.6 Å². The molecule has 5 amide bonds. The van der Waals surface area contributed by atoms with Crippen LogP contribution >= 0.6 is 0 Å². The molecule has 182 valence electrons. The standard InChI is InChI=1S/C23H27N3O8/c1-23(2,3)34-18(29)8-5-11-24-17(28)12-33-15-7-4-6-13-19(15)22(32)26(21(13)31)14-9-10-16(27)25-20(14)30/h4,6-7,14H,5,8-12H2,1-3H3,(H,24,28)(H,25,27,30). The Balaban J connectivity index is 1.56. The zero-order valence-corrected chi connectivity index (χ0v) is 19.3. The molecule has 1 aromatic carbocycles. The highest BCUT2D eigenvalue weighted by molar-refractivity contribution is 6.24. The number of ether oxygens (including phenoxy) is 2. The minimum absolute atomic E-state index is 0.0151. The largest absolute Gasteiger partial charge is 0.483 e. The van der Waals surface area contributed by atoms with E-state index in [1.807, 2.05) is 0 Å². The molecule has 2 N–H and O–H groups in total. The molecule has 11 nitrogen and oxygen atoms in total. The Labute approximate surface area is 196 Å². The van der Waals surface area contributed by atoms with Crippen molar-refractivity contribution in [3.63, 3.8) is 0 Å². The van der Waals surface area contributed by atoms with Crippen molar-refractivity contribution in [1.29, 1.82) is 0 Å². The van der Waals surface area contributed by atoms with Gasteiger partial charge in [-0.25, -0.2) is 0 Å². The van der Waals surface area contributed by atoms with Crippen LogP contribution in [0.4, 0.5) is 0 Å². The summed E-state index contributed by atoms with van der Waals surface area (Å²) >= 11 is 0. The van der Waals surface area contributed by atoms with Crippen LogP contribution in [-0.2, 0) is 23.9 Å². The lowest BCUT2D eigenvalue weighted by Crippen LogP contribution is -2.54. The van der Waals surface area contributed by atoms with Crippen molar-refractivity contribution in [2.45, 2.75) is 58.1 Å². The summed E-state index contributed by atoms with van der Waals surface area (Å²) < 4.78 is 10.7. The van der Waals surface area contributed by atoms with Crippen LogP contribution in [0.25, 0.3) is 0 Å². The molecular weight excluding hydrogens is 446 g/mol. The lowest BCUT2D eigenvalue weighted by molar-refractivity contribution is -0.155. The Morgan fingerprint density at radius 3 is 2.56 bits per heavy atom. The lowest BCUT2D eigenvalue weighted by Gasteiger charge is -2.27. The van der Waals surface area contributed by atoms with Gasteiger partial charge < -0.3 is 14.8 Å². The van der Waals surface area contributed by atoms with Crippen LogP contribution in [0.1, 0.15) is 67.2 Å². The molecule has 1 aromatic rings. The molecule has 0 aromatic heterocycles. The first kappa shape index (κ1) is 24.9. The predicted molar refractivity (Wildman–Crippen MR) is 117 cm³/mol. The summed E-state index contributed by atoms with van der Waals surface area (Å²) in [7, 11) is 0. The quantitative estimate of drug-likeness (QED) is 0.319. The molecule has 3 rings (SSSR count). The van der Waals surface area contributed by atoms with Gasteiger partial charge in [0.2, 0.25) is 11.8 Å². The SMILES string of the molecule is CC(C)(C)OC(=O)CCCNC(=O)COc1cccc2c1C(=O)N(C1CCC(=O)NC1=O)C2=O. The molecule has 34 heavy (non-hydrogen) atoms. The summed E-state index contributed by atoms with van der Waals surface area (Å²) in [5, 5.41) is 4.74. The first-order valence-electron chi connectivity index (χ1n) is 10.9. The minimum Gasteiger partial charge on any atom is -0.483 e. The highest BCUT2D eigenvalue weighted by Crippen LogP contribution is 2.33. The van der Waals surface area contributed by atoms with E-state index in [-0.39, 0.29) is 48.7 Å². The van der Waals surface area contributed by atoms with Crippen LogP contribution in [0, 0.1) is 0 Å². The molecule has 1 unspecified atom stereocenters. The smallest absolute Gasteiger partial charge is 0.306 e. The first-order chi connectivity index (χ1) is 16.0. The predicted octanol–water partition coefficient (Wildman–Crippen LogP) is 0.705. The number of hydrogen-bond acceptors (Lipinski definition) is 8. The van der Waals surface area contributed by atoms with Crippen molar-refractivity contribution < 1.29 is 38.2 Å². The zero-order valence-electron chi connectivity index (χ0n) is 19.3. The number of fused-ring (bicyclic) bond motifs is 1. The lowest BCUT2D eigenvalue weighted by atomic mass is 10.0. The van der Waals surface area contributed by atoms with Crippen LogP contribution in [0.2, 0.25) is 0 Å². The van der Waals surface area contributed by atoms with Gasteiger partial charge >= 0.3 is 5.97 Å². The maximum atomic E-state index is 13.0. The zero-order chi connectivity index (χ0) is 25.0. The fourth-order valence-corrected chi connectivity index (χ4v) is 3.65. The van der Waals surface area contributed by atoms with Gasteiger partial charge in [0, 0.05) is 19.4 Å². The van der Waals surface area contributed by atoms with Crippen molar-refractivity contribution in [3.05, 3.63) is 29.3 Å². The Bertz CT molecular complexity index is 1040. The van der Waals surface area contributed by atoms with Crippen LogP contribution in [0.15, 0.2) is 18.2 Å². The second-order valence-electron chi connectivity index (χ2n) is 8.95. The van der Waals surface area contributed by atoms with Gasteiger partial charge in [-0.2, -0.15) is 0 Å². The van der Waals surface area contributed by atoms with E-state index in [0.29, 0.717) is 6.42 Å². The minimum atomic E-state index is -1.09. The second kappa shape index (κ2) is 10.0. The van der Waals surface area contributed by atoms with Crippen molar-refractivity contribution in [2.75, 3.05) is 13.2 Å². The normalized spacial score (nSPS) is 17.9. The monoisotopic (exact) mass is 473 g/mol. The maximum Gasteiger partial charge on any atom is 0.306 e. The second-order valence-corrected chi connectivity index (χ2v) is 8.95. The molecule has 2 aliphatic rings. The molecule has 1 atom stereocenters. The number of rotatable bonds is 8. The summed E-state index contributed by atoms with van der Waals surface area (Å²) in [4.78, 5) is 74.0. The summed E-state index contributed by atoms with van der Waals surface area (Å²) in [6.07, 6.45) is 0.589. The summed E-state index contributed by atoms with van der Waals surface area (Å²) in [6, 6.07) is 3.30. The molecular formula is C23H27N3O8. The van der Waals surface area contributed by atoms with E-state index >= 15 is 0 Å². The number of benzene rings is 1. The molecule has 11 heteroatoms. The average Bonchev–Trinajstić information content (AvgIpc) is 2.99. The number of carbonyl (C=O) groups is 6. The van der Waals surface area contributed by atoms with Crippen molar-refractivity contribution >= 4 is 35.5 Å². The Hall–Kier alpha value is -3.76. The van der Waals surface area contributed by atoms with Gasteiger partial charge in [0.05, 0.1) is 11.1 Å². The van der Waals surface area contributed by atoms with Crippen molar-refractivity contribution in [1.82, 2.24) is 15.5 Å². The number of imide groups is 2. The maximum absolute atomic E-state index is 13.0. The third-order valence-electron chi connectivity index (χ3n) is 5.09. The number of nitrogens with zero attached hydrogens (tertiary/aromatic N) is 1.